The molecule has 23 heavy (non-hydrogen) atoms. The van der Waals surface area contributed by atoms with Crippen LogP contribution in [-0.2, 0) is 11.3 Å². The minimum atomic E-state index is 0. The van der Waals surface area contributed by atoms with E-state index in [1.807, 2.05) is 0 Å². The first-order valence-corrected chi connectivity index (χ1v) is 7.80. The van der Waals surface area contributed by atoms with Gasteiger partial charge in [0.15, 0.2) is 5.96 Å². The van der Waals surface area contributed by atoms with Crippen molar-refractivity contribution in [3.63, 3.8) is 0 Å². The standard InChI is InChI=1S/C17H29N3O2.HI/c1-6-14(3)22-16-11-13(2)7-8-15(16)12-20-17(18-4)19-9-10-21-5;/h7-8,11,14H,6,9-10,12H2,1-5H3,(H2,18,19,20);1H. The fourth-order valence-electron chi connectivity index (χ4n) is 1.89. The molecule has 0 saturated carbocycles. The molecule has 0 aliphatic heterocycles. The average Bonchev–Trinajstić information content (AvgIpc) is 2.52. The van der Waals surface area contributed by atoms with E-state index in [0.29, 0.717) is 13.2 Å². The van der Waals surface area contributed by atoms with Crippen LogP contribution in [0.15, 0.2) is 23.2 Å². The Labute approximate surface area is 157 Å². The maximum atomic E-state index is 6.02. The summed E-state index contributed by atoms with van der Waals surface area (Å²) >= 11 is 0. The van der Waals surface area contributed by atoms with Crippen molar-refractivity contribution < 1.29 is 9.47 Å². The summed E-state index contributed by atoms with van der Waals surface area (Å²) in [5.74, 6) is 1.70. The summed E-state index contributed by atoms with van der Waals surface area (Å²) in [6, 6.07) is 6.29. The van der Waals surface area contributed by atoms with Crippen LogP contribution in [0.3, 0.4) is 0 Å². The first kappa shape index (κ1) is 22.0. The molecule has 0 aliphatic carbocycles. The van der Waals surface area contributed by atoms with Crippen LogP contribution in [-0.4, -0.2) is 39.4 Å². The van der Waals surface area contributed by atoms with Gasteiger partial charge >= 0.3 is 0 Å². The highest BCUT2D eigenvalue weighted by molar-refractivity contribution is 14.0. The molecule has 5 nitrogen and oxygen atoms in total. The zero-order valence-corrected chi connectivity index (χ0v) is 17.1. The Kier molecular flexibility index (Phi) is 11.9. The van der Waals surface area contributed by atoms with E-state index in [-0.39, 0.29) is 30.1 Å². The second kappa shape index (κ2) is 12.4. The van der Waals surface area contributed by atoms with Crippen LogP contribution in [0.25, 0.3) is 0 Å². The van der Waals surface area contributed by atoms with E-state index in [9.17, 15) is 0 Å². The summed E-state index contributed by atoms with van der Waals surface area (Å²) < 4.78 is 11.0. The highest BCUT2D eigenvalue weighted by Crippen LogP contribution is 2.22. The SMILES string of the molecule is CCC(C)Oc1cc(C)ccc1CNC(=NC)NCCOC.I. The van der Waals surface area contributed by atoms with Gasteiger partial charge in [-0.2, -0.15) is 0 Å². The molecule has 2 N–H and O–H groups in total. The molecule has 132 valence electrons. The molecule has 0 amide bonds. The van der Waals surface area contributed by atoms with E-state index in [2.05, 4.69) is 54.6 Å². The molecule has 1 unspecified atom stereocenters. The molecule has 1 rings (SSSR count). The number of aliphatic imine (C=N–C) groups is 1. The van der Waals surface area contributed by atoms with Crippen LogP contribution in [0.5, 0.6) is 5.75 Å². The molecule has 0 bridgehead atoms. The number of guanidine groups is 1. The van der Waals surface area contributed by atoms with Gasteiger partial charge < -0.3 is 20.1 Å². The first-order valence-electron chi connectivity index (χ1n) is 7.80. The lowest BCUT2D eigenvalue weighted by Crippen LogP contribution is -2.38. The van der Waals surface area contributed by atoms with Crippen molar-refractivity contribution in [2.24, 2.45) is 4.99 Å². The van der Waals surface area contributed by atoms with Gasteiger partial charge in [-0.25, -0.2) is 0 Å². The molecular weight excluding hydrogens is 405 g/mol. The fraction of sp³-hybridized carbons (Fsp3) is 0.588. The Hall–Kier alpha value is -1.02. The molecule has 1 aromatic carbocycles. The summed E-state index contributed by atoms with van der Waals surface area (Å²) in [5.41, 5.74) is 2.32. The van der Waals surface area contributed by atoms with Gasteiger partial charge in [0.25, 0.3) is 0 Å². The van der Waals surface area contributed by atoms with E-state index < -0.39 is 0 Å². The van der Waals surface area contributed by atoms with E-state index >= 15 is 0 Å². The molecule has 6 heteroatoms. The van der Waals surface area contributed by atoms with Crippen LogP contribution >= 0.6 is 24.0 Å². The number of rotatable bonds is 8. The van der Waals surface area contributed by atoms with Gasteiger partial charge in [-0.1, -0.05) is 19.1 Å². The number of nitrogens with zero attached hydrogens (tertiary/aromatic N) is 1. The molecule has 1 aromatic rings. The zero-order valence-electron chi connectivity index (χ0n) is 14.8. The Bertz CT molecular complexity index is 481. The van der Waals surface area contributed by atoms with Crippen molar-refractivity contribution in [2.75, 3.05) is 27.3 Å². The Morgan fingerprint density at radius 3 is 2.65 bits per heavy atom. The third kappa shape index (κ3) is 8.41. The lowest BCUT2D eigenvalue weighted by Gasteiger charge is -2.18. The number of methoxy groups -OCH3 is 1. The first-order chi connectivity index (χ1) is 10.6. The van der Waals surface area contributed by atoms with Gasteiger partial charge in [0.05, 0.1) is 12.7 Å². The quantitative estimate of drug-likeness (QED) is 0.285. The summed E-state index contributed by atoms with van der Waals surface area (Å²) in [4.78, 5) is 4.20. The normalized spacial score (nSPS) is 12.3. The van der Waals surface area contributed by atoms with Crippen molar-refractivity contribution in [2.45, 2.75) is 39.8 Å². The van der Waals surface area contributed by atoms with Crippen LogP contribution < -0.4 is 15.4 Å². The van der Waals surface area contributed by atoms with E-state index in [0.717, 1.165) is 30.2 Å². The third-order valence-electron chi connectivity index (χ3n) is 3.39. The molecule has 0 saturated heterocycles. The Morgan fingerprint density at radius 1 is 1.30 bits per heavy atom. The minimum Gasteiger partial charge on any atom is -0.490 e. The molecule has 1 atom stereocenters. The van der Waals surface area contributed by atoms with Crippen molar-refractivity contribution in [3.05, 3.63) is 29.3 Å². The summed E-state index contributed by atoms with van der Waals surface area (Å²) in [6.45, 7) is 8.32. The summed E-state index contributed by atoms with van der Waals surface area (Å²) in [5, 5.41) is 6.50. The van der Waals surface area contributed by atoms with Crippen molar-refractivity contribution in [1.29, 1.82) is 0 Å². The number of halogens is 1. The van der Waals surface area contributed by atoms with Crippen LogP contribution in [0, 0.1) is 6.92 Å². The second-order valence-corrected chi connectivity index (χ2v) is 5.29. The summed E-state index contributed by atoms with van der Waals surface area (Å²) in [6.07, 6.45) is 1.20. The van der Waals surface area contributed by atoms with E-state index in [1.165, 1.54) is 5.56 Å². The molecule has 0 aliphatic rings. The monoisotopic (exact) mass is 435 g/mol. The number of hydrogen-bond acceptors (Lipinski definition) is 3. The largest absolute Gasteiger partial charge is 0.490 e. The van der Waals surface area contributed by atoms with Gasteiger partial charge in [0, 0.05) is 32.8 Å². The number of hydrogen-bond donors (Lipinski definition) is 2. The number of ether oxygens (including phenoxy) is 2. The highest BCUT2D eigenvalue weighted by Gasteiger charge is 2.08. The van der Waals surface area contributed by atoms with Crippen LogP contribution in [0.1, 0.15) is 31.4 Å². The maximum Gasteiger partial charge on any atom is 0.191 e. The van der Waals surface area contributed by atoms with Gasteiger partial charge in [0.1, 0.15) is 5.75 Å². The Balaban J connectivity index is 0.00000484. The molecular formula is C17H30IN3O2. The molecule has 0 heterocycles. The predicted molar refractivity (Wildman–Crippen MR) is 107 cm³/mol. The van der Waals surface area contributed by atoms with E-state index in [4.69, 9.17) is 9.47 Å². The molecule has 0 radical (unpaired) electrons. The number of aryl methyl sites for hydroxylation is 1. The van der Waals surface area contributed by atoms with Gasteiger partial charge in [-0.15, -0.1) is 24.0 Å². The Morgan fingerprint density at radius 2 is 2.04 bits per heavy atom. The van der Waals surface area contributed by atoms with Crippen molar-refractivity contribution >= 4 is 29.9 Å². The molecule has 0 aromatic heterocycles. The average molecular weight is 435 g/mol. The second-order valence-electron chi connectivity index (χ2n) is 5.29. The highest BCUT2D eigenvalue weighted by atomic mass is 127. The fourth-order valence-corrected chi connectivity index (χ4v) is 1.89. The molecule has 0 spiro atoms. The predicted octanol–water partition coefficient (Wildman–Crippen LogP) is 3.10. The number of benzene rings is 1. The van der Waals surface area contributed by atoms with Gasteiger partial charge in [-0.3, -0.25) is 4.99 Å². The molecule has 0 fully saturated rings. The lowest BCUT2D eigenvalue weighted by atomic mass is 10.1. The van der Waals surface area contributed by atoms with Crippen molar-refractivity contribution in [1.82, 2.24) is 10.6 Å². The smallest absolute Gasteiger partial charge is 0.191 e. The van der Waals surface area contributed by atoms with Crippen LogP contribution in [0.2, 0.25) is 0 Å². The van der Waals surface area contributed by atoms with E-state index in [1.54, 1.807) is 14.2 Å². The zero-order chi connectivity index (χ0) is 16.4. The topological polar surface area (TPSA) is 54.9 Å². The third-order valence-corrected chi connectivity index (χ3v) is 3.39. The number of nitrogens with one attached hydrogen (secondary N) is 2. The van der Waals surface area contributed by atoms with Gasteiger partial charge in [0.2, 0.25) is 0 Å². The van der Waals surface area contributed by atoms with Crippen LogP contribution in [0.4, 0.5) is 0 Å². The maximum absolute atomic E-state index is 6.02. The van der Waals surface area contributed by atoms with Gasteiger partial charge in [-0.05, 0) is 31.9 Å². The van der Waals surface area contributed by atoms with Crippen molar-refractivity contribution in [3.8, 4) is 5.75 Å². The lowest BCUT2D eigenvalue weighted by molar-refractivity contribution is 0.203. The minimum absolute atomic E-state index is 0. The summed E-state index contributed by atoms with van der Waals surface area (Å²) in [7, 11) is 3.44.